The van der Waals surface area contributed by atoms with E-state index in [9.17, 15) is 4.39 Å². The number of rotatable bonds is 3. The summed E-state index contributed by atoms with van der Waals surface area (Å²) in [5.74, 6) is -0.191. The van der Waals surface area contributed by atoms with Crippen molar-refractivity contribution in [2.75, 3.05) is 5.32 Å². The number of anilines is 1. The molecule has 4 nitrogen and oxygen atoms in total. The van der Waals surface area contributed by atoms with Gasteiger partial charge in [-0.2, -0.15) is 5.10 Å². The van der Waals surface area contributed by atoms with Crippen molar-refractivity contribution in [1.82, 2.24) is 15.2 Å². The molecule has 0 amide bonds. The zero-order valence-corrected chi connectivity index (χ0v) is 12.0. The number of hydrogen-bond donors (Lipinski definition) is 2. The summed E-state index contributed by atoms with van der Waals surface area (Å²) >= 11 is 2.02. The van der Waals surface area contributed by atoms with Crippen LogP contribution < -0.4 is 5.32 Å². The number of pyridine rings is 1. The van der Waals surface area contributed by atoms with Gasteiger partial charge in [0.1, 0.15) is 5.82 Å². The fourth-order valence-electron chi connectivity index (χ4n) is 1.82. The smallest absolute Gasteiger partial charge is 0.155 e. The second kappa shape index (κ2) is 5.12. The average Bonchev–Trinajstić information content (AvgIpc) is 2.88. The Kier molecular flexibility index (Phi) is 3.33. The standard InChI is InChI=1S/C13H10FIN4/c14-11-3-1-2-8(12(11)15)5-16-10-4-9-6-18-19-13(9)17-7-10/h1-4,6-7,16H,5H2,(H,17,18,19). The van der Waals surface area contributed by atoms with E-state index in [1.807, 2.05) is 34.7 Å². The van der Waals surface area contributed by atoms with Crippen LogP contribution in [0.5, 0.6) is 0 Å². The van der Waals surface area contributed by atoms with Gasteiger partial charge in [0.2, 0.25) is 0 Å². The molecule has 0 radical (unpaired) electrons. The number of nitrogens with zero attached hydrogens (tertiary/aromatic N) is 2. The number of fused-ring (bicyclic) bond motifs is 1. The lowest BCUT2D eigenvalue weighted by molar-refractivity contribution is 0.618. The number of hydrogen-bond acceptors (Lipinski definition) is 3. The van der Waals surface area contributed by atoms with Crippen molar-refractivity contribution in [2.45, 2.75) is 6.54 Å². The molecule has 19 heavy (non-hydrogen) atoms. The quantitative estimate of drug-likeness (QED) is 0.698. The van der Waals surface area contributed by atoms with Crippen molar-refractivity contribution < 1.29 is 4.39 Å². The molecule has 3 rings (SSSR count). The van der Waals surface area contributed by atoms with Crippen LogP contribution in [0.25, 0.3) is 11.0 Å². The number of benzene rings is 1. The van der Waals surface area contributed by atoms with Crippen molar-refractivity contribution in [3.8, 4) is 0 Å². The molecule has 0 unspecified atom stereocenters. The molecule has 0 atom stereocenters. The van der Waals surface area contributed by atoms with Gasteiger partial charge in [0.25, 0.3) is 0 Å². The molecule has 2 heterocycles. The minimum Gasteiger partial charge on any atom is -0.380 e. The molecule has 0 saturated heterocycles. The zero-order valence-electron chi connectivity index (χ0n) is 9.82. The third-order valence-electron chi connectivity index (χ3n) is 2.81. The molecular formula is C13H10FIN4. The van der Waals surface area contributed by atoms with Crippen LogP contribution >= 0.6 is 22.6 Å². The summed E-state index contributed by atoms with van der Waals surface area (Å²) in [5, 5.41) is 10.9. The highest BCUT2D eigenvalue weighted by molar-refractivity contribution is 14.1. The normalized spacial score (nSPS) is 10.8. The molecule has 0 aliphatic carbocycles. The summed E-state index contributed by atoms with van der Waals surface area (Å²) in [6.07, 6.45) is 3.45. The highest BCUT2D eigenvalue weighted by Gasteiger charge is 2.05. The van der Waals surface area contributed by atoms with Crippen LogP contribution in [0, 0.1) is 9.39 Å². The van der Waals surface area contributed by atoms with Crippen LogP contribution in [0.2, 0.25) is 0 Å². The number of aromatic nitrogens is 3. The SMILES string of the molecule is Fc1cccc(CNc2cnc3[nH]ncc3c2)c1I. The van der Waals surface area contributed by atoms with E-state index in [-0.39, 0.29) is 5.82 Å². The van der Waals surface area contributed by atoms with Crippen LogP contribution in [0.15, 0.2) is 36.7 Å². The predicted molar refractivity (Wildman–Crippen MR) is 80.3 cm³/mol. The van der Waals surface area contributed by atoms with Gasteiger partial charge in [-0.3, -0.25) is 5.10 Å². The van der Waals surface area contributed by atoms with E-state index < -0.39 is 0 Å². The molecule has 0 spiro atoms. The zero-order chi connectivity index (χ0) is 13.2. The fourth-order valence-corrected chi connectivity index (χ4v) is 2.37. The van der Waals surface area contributed by atoms with E-state index in [2.05, 4.69) is 20.5 Å². The van der Waals surface area contributed by atoms with Crippen molar-refractivity contribution in [2.24, 2.45) is 0 Å². The van der Waals surface area contributed by atoms with E-state index in [4.69, 9.17) is 0 Å². The minimum atomic E-state index is -0.191. The minimum absolute atomic E-state index is 0.191. The molecule has 1 aromatic carbocycles. The molecule has 0 aliphatic heterocycles. The Morgan fingerprint density at radius 1 is 1.32 bits per heavy atom. The summed E-state index contributed by atoms with van der Waals surface area (Å²) in [6, 6.07) is 7.04. The van der Waals surface area contributed by atoms with Gasteiger partial charge < -0.3 is 5.32 Å². The van der Waals surface area contributed by atoms with E-state index in [1.165, 1.54) is 6.07 Å². The Labute approximate surface area is 122 Å². The monoisotopic (exact) mass is 368 g/mol. The van der Waals surface area contributed by atoms with E-state index >= 15 is 0 Å². The maximum atomic E-state index is 13.4. The summed E-state index contributed by atoms with van der Waals surface area (Å²) in [7, 11) is 0. The lowest BCUT2D eigenvalue weighted by atomic mass is 10.2. The molecule has 0 saturated carbocycles. The second-order valence-corrected chi connectivity index (χ2v) is 5.18. The summed E-state index contributed by atoms with van der Waals surface area (Å²) < 4.78 is 14.1. The number of aromatic amines is 1. The molecule has 2 N–H and O–H groups in total. The van der Waals surface area contributed by atoms with Gasteiger partial charge in [-0.05, 0) is 40.3 Å². The Bertz CT molecular complexity index is 725. The molecule has 0 aliphatic rings. The van der Waals surface area contributed by atoms with Gasteiger partial charge in [0.05, 0.1) is 21.7 Å². The first kappa shape index (κ1) is 12.3. The van der Waals surface area contributed by atoms with E-state index in [0.717, 1.165) is 22.3 Å². The Morgan fingerprint density at radius 3 is 3.11 bits per heavy atom. The Morgan fingerprint density at radius 2 is 2.21 bits per heavy atom. The molecular weight excluding hydrogens is 358 g/mol. The molecule has 3 aromatic rings. The van der Waals surface area contributed by atoms with Crippen molar-refractivity contribution in [1.29, 1.82) is 0 Å². The van der Waals surface area contributed by atoms with E-state index in [0.29, 0.717) is 10.1 Å². The maximum Gasteiger partial charge on any atom is 0.155 e. The molecule has 0 fully saturated rings. The Hall–Kier alpha value is -1.70. The molecule has 6 heteroatoms. The first-order valence-electron chi connectivity index (χ1n) is 5.70. The Balaban J connectivity index is 1.80. The van der Waals surface area contributed by atoms with Crippen molar-refractivity contribution >= 4 is 39.3 Å². The predicted octanol–water partition coefficient (Wildman–Crippen LogP) is 3.31. The van der Waals surface area contributed by atoms with Gasteiger partial charge >= 0.3 is 0 Å². The molecule has 0 bridgehead atoms. The van der Waals surface area contributed by atoms with Gasteiger partial charge in [-0.25, -0.2) is 9.37 Å². The molecule has 96 valence electrons. The van der Waals surface area contributed by atoms with E-state index in [1.54, 1.807) is 18.5 Å². The lowest BCUT2D eigenvalue weighted by Crippen LogP contribution is -2.02. The highest BCUT2D eigenvalue weighted by atomic mass is 127. The number of halogens is 2. The maximum absolute atomic E-state index is 13.4. The topological polar surface area (TPSA) is 53.6 Å². The summed E-state index contributed by atoms with van der Waals surface area (Å²) in [6.45, 7) is 0.557. The van der Waals surface area contributed by atoms with Crippen LogP contribution in [0.4, 0.5) is 10.1 Å². The van der Waals surface area contributed by atoms with Crippen LogP contribution in [-0.4, -0.2) is 15.2 Å². The van der Waals surface area contributed by atoms with Crippen LogP contribution in [0.1, 0.15) is 5.56 Å². The third kappa shape index (κ3) is 2.53. The third-order valence-corrected chi connectivity index (χ3v) is 4.01. The fraction of sp³-hybridized carbons (Fsp3) is 0.0769. The largest absolute Gasteiger partial charge is 0.380 e. The first-order chi connectivity index (χ1) is 9.24. The summed E-state index contributed by atoms with van der Waals surface area (Å²) in [4.78, 5) is 4.24. The molecule has 2 aromatic heterocycles. The number of nitrogens with one attached hydrogen (secondary N) is 2. The van der Waals surface area contributed by atoms with Crippen LogP contribution in [0.3, 0.4) is 0 Å². The summed E-state index contributed by atoms with van der Waals surface area (Å²) in [5.41, 5.74) is 2.56. The highest BCUT2D eigenvalue weighted by Crippen LogP contribution is 2.19. The lowest BCUT2D eigenvalue weighted by Gasteiger charge is -2.08. The van der Waals surface area contributed by atoms with Crippen LogP contribution in [-0.2, 0) is 6.54 Å². The van der Waals surface area contributed by atoms with Crippen molar-refractivity contribution in [3.63, 3.8) is 0 Å². The van der Waals surface area contributed by atoms with Gasteiger partial charge in [0.15, 0.2) is 5.65 Å². The van der Waals surface area contributed by atoms with Gasteiger partial charge in [-0.1, -0.05) is 12.1 Å². The number of H-pyrrole nitrogens is 1. The second-order valence-electron chi connectivity index (χ2n) is 4.10. The average molecular weight is 368 g/mol. The van der Waals surface area contributed by atoms with Gasteiger partial charge in [0, 0.05) is 11.9 Å². The van der Waals surface area contributed by atoms with Crippen molar-refractivity contribution in [3.05, 3.63) is 51.6 Å². The first-order valence-corrected chi connectivity index (χ1v) is 6.78. The van der Waals surface area contributed by atoms with Gasteiger partial charge in [-0.15, -0.1) is 0 Å².